The number of rotatable bonds is 9. The Labute approximate surface area is 115 Å². The van der Waals surface area contributed by atoms with Gasteiger partial charge in [-0.25, -0.2) is 0 Å². The molecule has 4 nitrogen and oxygen atoms in total. The van der Waals surface area contributed by atoms with E-state index in [2.05, 4.69) is 6.92 Å². The summed E-state index contributed by atoms with van der Waals surface area (Å²) >= 11 is 0. The summed E-state index contributed by atoms with van der Waals surface area (Å²) < 4.78 is 11.0. The van der Waals surface area contributed by atoms with Crippen molar-refractivity contribution in [2.75, 3.05) is 19.8 Å². The molecule has 3 N–H and O–H groups in total. The predicted octanol–water partition coefficient (Wildman–Crippen LogP) is 2.26. The minimum atomic E-state index is -0.613. The van der Waals surface area contributed by atoms with Crippen LogP contribution in [0.1, 0.15) is 38.3 Å². The standard InChI is InChI=1S/C15H25NO3/c1-3-4-9-18-10-13(17)11-19-15-8-6-5-7-14(15)12(2)16/h5-8,12-13,17H,3-4,9-11,16H2,1-2H3/t12-,13?/m1/s1. The molecule has 0 aliphatic carbocycles. The van der Waals surface area contributed by atoms with Crippen LogP contribution in [-0.2, 0) is 4.74 Å². The minimum absolute atomic E-state index is 0.0888. The molecule has 0 saturated heterocycles. The van der Waals surface area contributed by atoms with Gasteiger partial charge in [0.2, 0.25) is 0 Å². The zero-order chi connectivity index (χ0) is 14.1. The molecule has 0 saturated carbocycles. The van der Waals surface area contributed by atoms with Crippen LogP contribution in [0.3, 0.4) is 0 Å². The monoisotopic (exact) mass is 267 g/mol. The highest BCUT2D eigenvalue weighted by atomic mass is 16.5. The number of ether oxygens (including phenoxy) is 2. The van der Waals surface area contributed by atoms with Crippen molar-refractivity contribution in [1.82, 2.24) is 0 Å². The summed E-state index contributed by atoms with van der Waals surface area (Å²) in [4.78, 5) is 0. The third kappa shape index (κ3) is 6.05. The highest BCUT2D eigenvalue weighted by molar-refractivity contribution is 5.35. The second-order valence-electron chi connectivity index (χ2n) is 4.72. The average Bonchev–Trinajstić information content (AvgIpc) is 2.41. The molecular formula is C15H25NO3. The van der Waals surface area contributed by atoms with Gasteiger partial charge in [-0.1, -0.05) is 31.5 Å². The summed E-state index contributed by atoms with van der Waals surface area (Å²) in [6.45, 7) is 5.22. The highest BCUT2D eigenvalue weighted by Gasteiger charge is 2.10. The van der Waals surface area contributed by atoms with Crippen LogP contribution in [0.5, 0.6) is 5.75 Å². The van der Waals surface area contributed by atoms with E-state index in [1.165, 1.54) is 0 Å². The van der Waals surface area contributed by atoms with Gasteiger partial charge >= 0.3 is 0 Å². The maximum atomic E-state index is 9.76. The Balaban J connectivity index is 2.35. The van der Waals surface area contributed by atoms with Gasteiger partial charge in [0.05, 0.1) is 6.61 Å². The van der Waals surface area contributed by atoms with E-state index in [-0.39, 0.29) is 12.6 Å². The van der Waals surface area contributed by atoms with Crippen LogP contribution in [0.2, 0.25) is 0 Å². The molecule has 19 heavy (non-hydrogen) atoms. The first kappa shape index (κ1) is 16.0. The number of aliphatic hydroxyl groups is 1. The summed E-state index contributed by atoms with van der Waals surface area (Å²) in [7, 11) is 0. The first-order valence-electron chi connectivity index (χ1n) is 6.88. The largest absolute Gasteiger partial charge is 0.490 e. The van der Waals surface area contributed by atoms with Crippen molar-refractivity contribution in [3.8, 4) is 5.75 Å². The van der Waals surface area contributed by atoms with Crippen LogP contribution in [0, 0.1) is 0 Å². The predicted molar refractivity (Wildman–Crippen MR) is 76.3 cm³/mol. The number of aliphatic hydroxyl groups excluding tert-OH is 1. The van der Waals surface area contributed by atoms with E-state index < -0.39 is 6.10 Å². The molecule has 1 rings (SSSR count). The molecule has 0 heterocycles. The molecule has 1 aromatic rings. The number of unbranched alkanes of at least 4 members (excludes halogenated alkanes) is 1. The molecule has 0 fully saturated rings. The van der Waals surface area contributed by atoms with Gasteiger partial charge in [0, 0.05) is 18.2 Å². The third-order valence-corrected chi connectivity index (χ3v) is 2.79. The zero-order valence-corrected chi connectivity index (χ0v) is 11.8. The molecule has 1 unspecified atom stereocenters. The molecule has 0 amide bonds. The van der Waals surface area contributed by atoms with Crippen LogP contribution >= 0.6 is 0 Å². The van der Waals surface area contributed by atoms with Crippen LogP contribution in [0.25, 0.3) is 0 Å². The average molecular weight is 267 g/mol. The lowest BCUT2D eigenvalue weighted by Crippen LogP contribution is -2.24. The molecule has 1 aromatic carbocycles. The normalized spacial score (nSPS) is 14.1. The highest BCUT2D eigenvalue weighted by Crippen LogP contribution is 2.23. The van der Waals surface area contributed by atoms with Gasteiger partial charge in [0.15, 0.2) is 0 Å². The Kier molecular flexibility index (Phi) is 7.48. The summed E-state index contributed by atoms with van der Waals surface area (Å²) in [6, 6.07) is 7.53. The Morgan fingerprint density at radius 1 is 1.26 bits per heavy atom. The first-order chi connectivity index (χ1) is 9.15. The van der Waals surface area contributed by atoms with Crippen molar-refractivity contribution in [2.24, 2.45) is 5.73 Å². The molecule has 0 bridgehead atoms. The van der Waals surface area contributed by atoms with Gasteiger partial charge in [0.25, 0.3) is 0 Å². The smallest absolute Gasteiger partial charge is 0.124 e. The Morgan fingerprint density at radius 2 is 2.00 bits per heavy atom. The van der Waals surface area contributed by atoms with Gasteiger partial charge in [-0.15, -0.1) is 0 Å². The molecule has 2 atom stereocenters. The van der Waals surface area contributed by atoms with Crippen molar-refractivity contribution in [1.29, 1.82) is 0 Å². The Bertz CT molecular complexity index is 355. The second kappa shape index (κ2) is 8.91. The SMILES string of the molecule is CCCCOCC(O)COc1ccccc1[C@@H](C)N. The number of hydrogen-bond donors (Lipinski definition) is 2. The van der Waals surface area contributed by atoms with Crippen LogP contribution < -0.4 is 10.5 Å². The van der Waals surface area contributed by atoms with Crippen LogP contribution in [0.4, 0.5) is 0 Å². The minimum Gasteiger partial charge on any atom is -0.490 e. The summed E-state index contributed by atoms with van der Waals surface area (Å²) in [5.41, 5.74) is 6.81. The molecule has 0 radical (unpaired) electrons. The van der Waals surface area contributed by atoms with E-state index in [1.807, 2.05) is 31.2 Å². The molecule has 0 aromatic heterocycles. The van der Waals surface area contributed by atoms with E-state index in [1.54, 1.807) is 0 Å². The lowest BCUT2D eigenvalue weighted by atomic mass is 10.1. The maximum Gasteiger partial charge on any atom is 0.124 e. The molecule has 0 spiro atoms. The van der Waals surface area contributed by atoms with Gasteiger partial charge in [-0.3, -0.25) is 0 Å². The zero-order valence-electron chi connectivity index (χ0n) is 11.8. The van der Waals surface area contributed by atoms with Crippen molar-refractivity contribution < 1.29 is 14.6 Å². The summed E-state index contributed by atoms with van der Waals surface area (Å²) in [5.74, 6) is 0.727. The lowest BCUT2D eigenvalue weighted by molar-refractivity contribution is 0.0111. The third-order valence-electron chi connectivity index (χ3n) is 2.79. The van der Waals surface area contributed by atoms with Crippen LogP contribution in [-0.4, -0.2) is 31.0 Å². The quantitative estimate of drug-likeness (QED) is 0.674. The second-order valence-corrected chi connectivity index (χ2v) is 4.72. The summed E-state index contributed by atoms with van der Waals surface area (Å²) in [5, 5.41) is 9.76. The fraction of sp³-hybridized carbons (Fsp3) is 0.600. The molecule has 0 aliphatic rings. The van der Waals surface area contributed by atoms with Gasteiger partial charge in [0.1, 0.15) is 18.5 Å². The number of para-hydroxylation sites is 1. The summed E-state index contributed by atoms with van der Waals surface area (Å²) in [6.07, 6.45) is 1.49. The maximum absolute atomic E-state index is 9.76. The van der Waals surface area contributed by atoms with E-state index in [9.17, 15) is 5.11 Å². The Morgan fingerprint density at radius 3 is 2.68 bits per heavy atom. The molecule has 108 valence electrons. The molecule has 4 heteroatoms. The molecular weight excluding hydrogens is 242 g/mol. The van der Waals surface area contributed by atoms with E-state index >= 15 is 0 Å². The van der Waals surface area contributed by atoms with Gasteiger partial charge < -0.3 is 20.3 Å². The number of nitrogens with two attached hydrogens (primary N) is 1. The first-order valence-corrected chi connectivity index (χ1v) is 6.88. The van der Waals surface area contributed by atoms with Gasteiger partial charge in [-0.05, 0) is 19.4 Å². The van der Waals surface area contributed by atoms with E-state index in [0.717, 1.165) is 24.2 Å². The van der Waals surface area contributed by atoms with E-state index in [4.69, 9.17) is 15.2 Å². The van der Waals surface area contributed by atoms with Crippen molar-refractivity contribution in [2.45, 2.75) is 38.8 Å². The number of hydrogen-bond acceptors (Lipinski definition) is 4. The lowest BCUT2D eigenvalue weighted by Gasteiger charge is -2.16. The van der Waals surface area contributed by atoms with Crippen molar-refractivity contribution >= 4 is 0 Å². The van der Waals surface area contributed by atoms with Crippen molar-refractivity contribution in [3.05, 3.63) is 29.8 Å². The fourth-order valence-corrected chi connectivity index (χ4v) is 1.69. The molecule has 0 aliphatic heterocycles. The number of benzene rings is 1. The van der Waals surface area contributed by atoms with Crippen molar-refractivity contribution in [3.63, 3.8) is 0 Å². The topological polar surface area (TPSA) is 64.7 Å². The van der Waals surface area contributed by atoms with Crippen LogP contribution in [0.15, 0.2) is 24.3 Å². The Hall–Kier alpha value is -1.10. The fourth-order valence-electron chi connectivity index (χ4n) is 1.69. The van der Waals surface area contributed by atoms with Gasteiger partial charge in [-0.2, -0.15) is 0 Å². The van der Waals surface area contributed by atoms with E-state index in [0.29, 0.717) is 13.2 Å².